The maximum absolute atomic E-state index is 13.7. The molecule has 1 aliphatic heterocycles. The molecule has 0 atom stereocenters. The number of rotatable bonds is 3. The van der Waals surface area contributed by atoms with Gasteiger partial charge >= 0.3 is 0 Å². The van der Waals surface area contributed by atoms with Crippen LogP contribution in [0.25, 0.3) is 0 Å². The van der Waals surface area contributed by atoms with E-state index in [1.807, 2.05) is 7.05 Å². The van der Waals surface area contributed by atoms with Gasteiger partial charge in [0.15, 0.2) is 0 Å². The lowest BCUT2D eigenvalue weighted by Crippen LogP contribution is -2.40. The van der Waals surface area contributed by atoms with E-state index in [0.717, 1.165) is 19.4 Å². The maximum atomic E-state index is 13.7. The number of hydrogen-bond acceptors (Lipinski definition) is 2. The Morgan fingerprint density at radius 2 is 2.10 bits per heavy atom. The maximum Gasteiger partial charge on any atom is 0.256 e. The SMILES string of the molecule is CNCC1CCN(C(=O)c2cc(Cl)ccc2F)CC1.Cl. The van der Waals surface area contributed by atoms with Crippen LogP contribution < -0.4 is 5.32 Å². The Bertz CT molecular complexity index is 462. The van der Waals surface area contributed by atoms with Crippen LogP contribution in [0.5, 0.6) is 0 Å². The molecule has 1 saturated heterocycles. The summed E-state index contributed by atoms with van der Waals surface area (Å²) < 4.78 is 13.7. The zero-order valence-electron chi connectivity index (χ0n) is 11.4. The minimum atomic E-state index is -0.508. The van der Waals surface area contributed by atoms with E-state index < -0.39 is 5.82 Å². The first-order valence-corrected chi connectivity index (χ1v) is 6.88. The van der Waals surface area contributed by atoms with Crippen LogP contribution in [-0.4, -0.2) is 37.5 Å². The number of piperidine rings is 1. The average Bonchev–Trinajstić information content (AvgIpc) is 2.42. The zero-order valence-corrected chi connectivity index (χ0v) is 12.9. The third kappa shape index (κ3) is 4.08. The second-order valence-corrected chi connectivity index (χ2v) is 5.35. The predicted octanol–water partition coefficient (Wildman–Crippen LogP) is 2.97. The first-order valence-electron chi connectivity index (χ1n) is 6.50. The third-order valence-corrected chi connectivity index (χ3v) is 3.79. The fraction of sp³-hybridized carbons (Fsp3) is 0.500. The molecule has 1 heterocycles. The van der Waals surface area contributed by atoms with E-state index >= 15 is 0 Å². The summed E-state index contributed by atoms with van der Waals surface area (Å²) in [4.78, 5) is 14.0. The monoisotopic (exact) mass is 320 g/mol. The summed E-state index contributed by atoms with van der Waals surface area (Å²) in [6.07, 6.45) is 1.91. The predicted molar refractivity (Wildman–Crippen MR) is 81.2 cm³/mol. The van der Waals surface area contributed by atoms with Crippen LogP contribution in [0.1, 0.15) is 23.2 Å². The van der Waals surface area contributed by atoms with Crippen LogP contribution >= 0.6 is 24.0 Å². The Kier molecular flexibility index (Phi) is 6.72. The van der Waals surface area contributed by atoms with Gasteiger partial charge in [0.05, 0.1) is 5.56 Å². The van der Waals surface area contributed by atoms with Gasteiger partial charge in [-0.1, -0.05) is 11.6 Å². The van der Waals surface area contributed by atoms with Crippen molar-refractivity contribution in [3.8, 4) is 0 Å². The van der Waals surface area contributed by atoms with Crippen LogP contribution in [0.3, 0.4) is 0 Å². The first kappa shape index (κ1) is 17.2. The molecule has 0 bridgehead atoms. The molecule has 0 radical (unpaired) electrons. The Balaban J connectivity index is 0.00000200. The van der Waals surface area contributed by atoms with Crippen molar-refractivity contribution in [1.82, 2.24) is 10.2 Å². The first-order chi connectivity index (χ1) is 9.11. The van der Waals surface area contributed by atoms with Crippen LogP contribution in [0.4, 0.5) is 4.39 Å². The summed E-state index contributed by atoms with van der Waals surface area (Å²) in [6, 6.07) is 4.09. The number of amides is 1. The van der Waals surface area contributed by atoms with E-state index in [1.54, 1.807) is 4.90 Å². The van der Waals surface area contributed by atoms with Gasteiger partial charge in [-0.15, -0.1) is 12.4 Å². The molecule has 0 aromatic heterocycles. The molecule has 1 aliphatic rings. The summed E-state index contributed by atoms with van der Waals surface area (Å²) in [7, 11) is 1.93. The highest BCUT2D eigenvalue weighted by molar-refractivity contribution is 6.31. The van der Waals surface area contributed by atoms with Gasteiger partial charge in [0, 0.05) is 18.1 Å². The lowest BCUT2D eigenvalue weighted by atomic mass is 9.96. The molecule has 2 rings (SSSR count). The molecule has 1 fully saturated rings. The number of hydrogen-bond donors (Lipinski definition) is 1. The summed E-state index contributed by atoms with van der Waals surface area (Å²) >= 11 is 5.82. The number of nitrogens with one attached hydrogen (secondary N) is 1. The smallest absolute Gasteiger partial charge is 0.256 e. The summed E-state index contributed by atoms with van der Waals surface area (Å²) in [5, 5.41) is 3.53. The minimum Gasteiger partial charge on any atom is -0.339 e. The fourth-order valence-electron chi connectivity index (χ4n) is 2.46. The van der Waals surface area contributed by atoms with Gasteiger partial charge in [0.2, 0.25) is 0 Å². The topological polar surface area (TPSA) is 32.3 Å². The van der Waals surface area contributed by atoms with Crippen LogP contribution in [0.15, 0.2) is 18.2 Å². The zero-order chi connectivity index (χ0) is 13.8. The standard InChI is InChI=1S/C14H18ClFN2O.ClH/c1-17-9-10-4-6-18(7-5-10)14(19)12-8-11(15)2-3-13(12)16;/h2-3,8,10,17H,4-7,9H2,1H3;1H. The van der Waals surface area contributed by atoms with Gasteiger partial charge in [-0.3, -0.25) is 4.79 Å². The number of carbonyl (C=O) groups excluding carboxylic acids is 1. The van der Waals surface area contributed by atoms with Crippen LogP contribution in [0.2, 0.25) is 5.02 Å². The van der Waals surface area contributed by atoms with Crippen molar-refractivity contribution in [2.24, 2.45) is 5.92 Å². The van der Waals surface area contributed by atoms with Gasteiger partial charge in [0.25, 0.3) is 5.91 Å². The molecule has 1 aromatic rings. The van der Waals surface area contributed by atoms with Crippen LogP contribution in [-0.2, 0) is 0 Å². The average molecular weight is 321 g/mol. The molecule has 1 aromatic carbocycles. The summed E-state index contributed by atoms with van der Waals surface area (Å²) in [6.45, 7) is 2.32. The van der Waals surface area contributed by atoms with E-state index in [9.17, 15) is 9.18 Å². The molecule has 1 N–H and O–H groups in total. The molecule has 0 unspecified atom stereocenters. The van der Waals surface area contributed by atoms with Gasteiger partial charge in [-0.25, -0.2) is 4.39 Å². The van der Waals surface area contributed by atoms with Crippen LogP contribution in [0, 0.1) is 11.7 Å². The van der Waals surface area contributed by atoms with E-state index in [4.69, 9.17) is 11.6 Å². The number of nitrogens with zero attached hydrogens (tertiary/aromatic N) is 1. The van der Waals surface area contributed by atoms with Gasteiger partial charge in [-0.05, 0) is 50.6 Å². The molecule has 3 nitrogen and oxygen atoms in total. The quantitative estimate of drug-likeness (QED) is 0.928. The molecule has 20 heavy (non-hydrogen) atoms. The lowest BCUT2D eigenvalue weighted by Gasteiger charge is -2.32. The van der Waals surface area contributed by atoms with E-state index in [0.29, 0.717) is 24.0 Å². The van der Waals surface area contributed by atoms with E-state index in [-0.39, 0.29) is 23.9 Å². The number of carbonyl (C=O) groups is 1. The molecule has 0 saturated carbocycles. The van der Waals surface area contributed by atoms with Crippen molar-refractivity contribution in [3.63, 3.8) is 0 Å². The summed E-state index contributed by atoms with van der Waals surface area (Å²) in [5.74, 6) is -0.173. The van der Waals surface area contributed by atoms with E-state index in [1.165, 1.54) is 18.2 Å². The van der Waals surface area contributed by atoms with Crippen molar-refractivity contribution in [2.45, 2.75) is 12.8 Å². The highest BCUT2D eigenvalue weighted by Crippen LogP contribution is 2.21. The number of halogens is 3. The van der Waals surface area contributed by atoms with Crippen molar-refractivity contribution in [1.29, 1.82) is 0 Å². The van der Waals surface area contributed by atoms with Gasteiger partial charge < -0.3 is 10.2 Å². The highest BCUT2D eigenvalue weighted by Gasteiger charge is 2.25. The Hall–Kier alpha value is -0.840. The second kappa shape index (κ2) is 7.81. The highest BCUT2D eigenvalue weighted by atomic mass is 35.5. The van der Waals surface area contributed by atoms with E-state index in [2.05, 4.69) is 5.32 Å². The fourth-order valence-corrected chi connectivity index (χ4v) is 2.63. The normalized spacial score (nSPS) is 15.8. The Morgan fingerprint density at radius 3 is 2.70 bits per heavy atom. The lowest BCUT2D eigenvalue weighted by molar-refractivity contribution is 0.0686. The van der Waals surface area contributed by atoms with Crippen molar-refractivity contribution >= 4 is 29.9 Å². The second-order valence-electron chi connectivity index (χ2n) is 4.92. The van der Waals surface area contributed by atoms with Gasteiger partial charge in [-0.2, -0.15) is 0 Å². The van der Waals surface area contributed by atoms with Crippen molar-refractivity contribution in [2.75, 3.05) is 26.7 Å². The molecule has 6 heteroatoms. The largest absolute Gasteiger partial charge is 0.339 e. The van der Waals surface area contributed by atoms with Crippen molar-refractivity contribution in [3.05, 3.63) is 34.6 Å². The Labute approximate surface area is 129 Å². The molecule has 0 aliphatic carbocycles. The minimum absolute atomic E-state index is 0. The number of likely N-dealkylation sites (tertiary alicyclic amines) is 1. The number of benzene rings is 1. The molecule has 1 amide bonds. The van der Waals surface area contributed by atoms with Gasteiger partial charge in [0.1, 0.15) is 5.82 Å². The summed E-state index contributed by atoms with van der Waals surface area (Å²) in [5.41, 5.74) is 0.0690. The third-order valence-electron chi connectivity index (χ3n) is 3.55. The molecule has 112 valence electrons. The molecular weight excluding hydrogens is 302 g/mol. The Morgan fingerprint density at radius 1 is 1.45 bits per heavy atom. The molecular formula is C14H19Cl2FN2O. The molecule has 0 spiro atoms. The van der Waals surface area contributed by atoms with Crippen molar-refractivity contribution < 1.29 is 9.18 Å².